The number of benzene rings is 1. The molecule has 0 spiro atoms. The van der Waals surface area contributed by atoms with Gasteiger partial charge in [0.15, 0.2) is 0 Å². The van der Waals surface area contributed by atoms with E-state index in [-0.39, 0.29) is 21.0 Å². The molecule has 2 rings (SSSR count). The highest BCUT2D eigenvalue weighted by atomic mass is 35.5. The Kier molecular flexibility index (Phi) is 5.51. The number of halogens is 1. The van der Waals surface area contributed by atoms with E-state index in [1.54, 1.807) is 6.92 Å². The molecule has 0 fully saturated rings. The average molecular weight is 386 g/mol. The second kappa shape index (κ2) is 7.26. The summed E-state index contributed by atoms with van der Waals surface area (Å²) in [5.41, 5.74) is 4.58. The summed E-state index contributed by atoms with van der Waals surface area (Å²) in [6, 6.07) is 5.19. The largest absolute Gasteiger partial charge is 0.469 e. The van der Waals surface area contributed by atoms with Crippen molar-refractivity contribution in [3.05, 3.63) is 52.4 Å². The standard InChI is InChI=1S/C15H16ClN3O5S/c1-9-11(6-7-24-9)14(20)17-18-15(21)12-8-10(4-5-13(12)16)25(22,23)19(2)3/h4-8H,1-3H3,(H,17,20)(H,18,21). The van der Waals surface area contributed by atoms with Crippen LogP contribution in [-0.2, 0) is 10.0 Å². The Morgan fingerprint density at radius 1 is 1.08 bits per heavy atom. The molecular weight excluding hydrogens is 370 g/mol. The van der Waals surface area contributed by atoms with Crippen molar-refractivity contribution in [1.82, 2.24) is 15.2 Å². The first-order valence-corrected chi connectivity index (χ1v) is 8.83. The van der Waals surface area contributed by atoms with Gasteiger partial charge in [-0.05, 0) is 31.2 Å². The summed E-state index contributed by atoms with van der Waals surface area (Å²) in [5.74, 6) is -0.938. The zero-order chi connectivity index (χ0) is 18.8. The van der Waals surface area contributed by atoms with Crippen LogP contribution in [0, 0.1) is 6.92 Å². The number of hydrazine groups is 1. The highest BCUT2D eigenvalue weighted by Crippen LogP contribution is 2.22. The van der Waals surface area contributed by atoms with Crippen molar-refractivity contribution in [2.45, 2.75) is 11.8 Å². The first-order valence-electron chi connectivity index (χ1n) is 7.01. The van der Waals surface area contributed by atoms with E-state index in [1.165, 1.54) is 38.6 Å². The first-order chi connectivity index (χ1) is 11.6. The summed E-state index contributed by atoms with van der Waals surface area (Å²) in [4.78, 5) is 24.1. The van der Waals surface area contributed by atoms with Crippen molar-refractivity contribution < 1.29 is 22.4 Å². The van der Waals surface area contributed by atoms with Gasteiger partial charge in [0.25, 0.3) is 11.8 Å². The summed E-state index contributed by atoms with van der Waals surface area (Å²) < 4.78 is 30.3. The van der Waals surface area contributed by atoms with Crippen LogP contribution in [0.4, 0.5) is 0 Å². The zero-order valence-corrected chi connectivity index (χ0v) is 15.2. The molecule has 134 valence electrons. The lowest BCUT2D eigenvalue weighted by Crippen LogP contribution is -2.41. The van der Waals surface area contributed by atoms with Gasteiger partial charge in [-0.15, -0.1) is 0 Å². The summed E-state index contributed by atoms with van der Waals surface area (Å²) in [7, 11) is -0.983. The van der Waals surface area contributed by atoms with Gasteiger partial charge in [0.05, 0.1) is 27.3 Å². The van der Waals surface area contributed by atoms with Crippen molar-refractivity contribution in [3.8, 4) is 0 Å². The number of aryl methyl sites for hydroxylation is 1. The number of carbonyl (C=O) groups excluding carboxylic acids is 2. The lowest BCUT2D eigenvalue weighted by atomic mass is 10.2. The van der Waals surface area contributed by atoms with Crippen LogP contribution in [0.1, 0.15) is 26.5 Å². The number of sulfonamides is 1. The molecule has 2 N–H and O–H groups in total. The Bertz CT molecular complexity index is 921. The van der Waals surface area contributed by atoms with Crippen LogP contribution in [-0.4, -0.2) is 38.6 Å². The predicted molar refractivity (Wildman–Crippen MR) is 90.7 cm³/mol. The van der Waals surface area contributed by atoms with E-state index in [0.717, 1.165) is 10.4 Å². The van der Waals surface area contributed by atoms with E-state index in [9.17, 15) is 18.0 Å². The van der Waals surface area contributed by atoms with Gasteiger partial charge in [-0.2, -0.15) is 0 Å². The number of hydrogen-bond donors (Lipinski definition) is 2. The predicted octanol–water partition coefficient (Wildman–Crippen LogP) is 1.57. The van der Waals surface area contributed by atoms with Gasteiger partial charge < -0.3 is 4.42 Å². The molecule has 0 atom stereocenters. The molecular formula is C15H16ClN3O5S. The van der Waals surface area contributed by atoms with Gasteiger partial charge in [-0.1, -0.05) is 11.6 Å². The van der Waals surface area contributed by atoms with Crippen molar-refractivity contribution in [2.75, 3.05) is 14.1 Å². The van der Waals surface area contributed by atoms with Gasteiger partial charge in [0.2, 0.25) is 10.0 Å². The molecule has 0 unspecified atom stereocenters. The van der Waals surface area contributed by atoms with E-state index in [1.807, 2.05) is 0 Å². The summed E-state index contributed by atoms with van der Waals surface area (Å²) in [6.45, 7) is 1.60. The molecule has 0 saturated carbocycles. The minimum absolute atomic E-state index is 0.0453. The molecule has 1 aromatic heterocycles. The maximum atomic E-state index is 12.2. The molecule has 0 saturated heterocycles. The van der Waals surface area contributed by atoms with E-state index < -0.39 is 21.8 Å². The maximum Gasteiger partial charge on any atom is 0.273 e. The Hall–Kier alpha value is -2.36. The quantitative estimate of drug-likeness (QED) is 0.776. The topological polar surface area (TPSA) is 109 Å². The van der Waals surface area contributed by atoms with Crippen LogP contribution >= 0.6 is 11.6 Å². The molecule has 8 nitrogen and oxygen atoms in total. The molecule has 0 radical (unpaired) electrons. The lowest BCUT2D eigenvalue weighted by molar-refractivity contribution is 0.0845. The van der Waals surface area contributed by atoms with Gasteiger partial charge >= 0.3 is 0 Å². The van der Waals surface area contributed by atoms with E-state index >= 15 is 0 Å². The maximum absolute atomic E-state index is 12.2. The molecule has 2 amide bonds. The second-order valence-corrected chi connectivity index (χ2v) is 7.79. The summed E-state index contributed by atoms with van der Waals surface area (Å²) >= 11 is 5.96. The first kappa shape index (κ1) is 19.0. The fraction of sp³-hybridized carbons (Fsp3) is 0.200. The monoisotopic (exact) mass is 385 g/mol. The van der Waals surface area contributed by atoms with Crippen LogP contribution in [0.25, 0.3) is 0 Å². The van der Waals surface area contributed by atoms with Crippen LogP contribution in [0.2, 0.25) is 5.02 Å². The minimum atomic E-state index is -3.73. The molecule has 25 heavy (non-hydrogen) atoms. The van der Waals surface area contributed by atoms with Gasteiger partial charge in [0.1, 0.15) is 5.76 Å². The molecule has 0 aliphatic rings. The smallest absolute Gasteiger partial charge is 0.273 e. The average Bonchev–Trinajstić information content (AvgIpc) is 2.98. The highest BCUT2D eigenvalue weighted by molar-refractivity contribution is 7.89. The van der Waals surface area contributed by atoms with Crippen molar-refractivity contribution in [1.29, 1.82) is 0 Å². The number of furan rings is 1. The van der Waals surface area contributed by atoms with Crippen molar-refractivity contribution >= 4 is 33.4 Å². The highest BCUT2D eigenvalue weighted by Gasteiger charge is 2.21. The number of nitrogens with zero attached hydrogens (tertiary/aromatic N) is 1. The second-order valence-electron chi connectivity index (χ2n) is 5.23. The zero-order valence-electron chi connectivity index (χ0n) is 13.7. The SMILES string of the molecule is Cc1occc1C(=O)NNC(=O)c1cc(S(=O)(=O)N(C)C)ccc1Cl. The van der Waals surface area contributed by atoms with E-state index in [2.05, 4.69) is 10.9 Å². The molecule has 2 aromatic rings. The summed E-state index contributed by atoms with van der Waals surface area (Å²) in [6.07, 6.45) is 1.35. The molecule has 0 aliphatic heterocycles. The van der Waals surface area contributed by atoms with Gasteiger partial charge in [-0.25, -0.2) is 12.7 Å². The third-order valence-electron chi connectivity index (χ3n) is 3.35. The van der Waals surface area contributed by atoms with Gasteiger partial charge in [0, 0.05) is 14.1 Å². The molecule has 0 bridgehead atoms. The van der Waals surface area contributed by atoms with Crippen molar-refractivity contribution in [2.24, 2.45) is 0 Å². The van der Waals surface area contributed by atoms with Crippen molar-refractivity contribution in [3.63, 3.8) is 0 Å². The lowest BCUT2D eigenvalue weighted by Gasteiger charge is -2.13. The fourth-order valence-electron chi connectivity index (χ4n) is 1.92. The van der Waals surface area contributed by atoms with Gasteiger partial charge in [-0.3, -0.25) is 20.4 Å². The number of amides is 2. The molecule has 0 aliphatic carbocycles. The van der Waals surface area contributed by atoms with Crippen LogP contribution in [0.15, 0.2) is 39.8 Å². The Morgan fingerprint density at radius 3 is 2.20 bits per heavy atom. The normalized spacial score (nSPS) is 11.4. The minimum Gasteiger partial charge on any atom is -0.469 e. The van der Waals surface area contributed by atoms with Crippen LogP contribution in [0.5, 0.6) is 0 Å². The Morgan fingerprint density at radius 2 is 1.68 bits per heavy atom. The third-order valence-corrected chi connectivity index (χ3v) is 5.49. The Labute approximate surface area is 149 Å². The third kappa shape index (κ3) is 4.01. The molecule has 10 heteroatoms. The molecule has 1 heterocycles. The van der Waals surface area contributed by atoms with Crippen LogP contribution in [0.3, 0.4) is 0 Å². The fourth-order valence-corrected chi connectivity index (χ4v) is 3.05. The number of hydrogen-bond acceptors (Lipinski definition) is 5. The Balaban J connectivity index is 2.19. The number of carbonyl (C=O) groups is 2. The van der Waals surface area contributed by atoms with Crippen LogP contribution < -0.4 is 10.9 Å². The number of rotatable bonds is 4. The van der Waals surface area contributed by atoms with E-state index in [0.29, 0.717) is 5.76 Å². The van der Waals surface area contributed by atoms with E-state index in [4.69, 9.17) is 16.0 Å². The summed E-state index contributed by atoms with van der Waals surface area (Å²) in [5, 5.41) is 0.0453. The molecule has 1 aromatic carbocycles. The number of nitrogens with one attached hydrogen (secondary N) is 2.